The number of aromatic nitrogens is 1. The Kier molecular flexibility index (Phi) is 7.23. The Morgan fingerprint density at radius 1 is 1.25 bits per heavy atom. The van der Waals surface area contributed by atoms with Gasteiger partial charge in [0.25, 0.3) is 0 Å². The molecule has 1 amide bonds. The molecule has 20 heavy (non-hydrogen) atoms. The van der Waals surface area contributed by atoms with Crippen LogP contribution in [0.25, 0.3) is 0 Å². The number of nitrogens with one attached hydrogen (secondary N) is 1. The van der Waals surface area contributed by atoms with Gasteiger partial charge in [0.15, 0.2) is 0 Å². The molecule has 0 aliphatic rings. The quantitative estimate of drug-likeness (QED) is 0.727. The lowest BCUT2D eigenvalue weighted by molar-refractivity contribution is -0.131. The Morgan fingerprint density at radius 2 is 1.85 bits per heavy atom. The summed E-state index contributed by atoms with van der Waals surface area (Å²) in [5.41, 5.74) is 6.69. The van der Waals surface area contributed by atoms with Crippen LogP contribution in [0.3, 0.4) is 0 Å². The first-order valence-electron chi connectivity index (χ1n) is 7.55. The van der Waals surface area contributed by atoms with E-state index in [4.69, 9.17) is 5.73 Å². The summed E-state index contributed by atoms with van der Waals surface area (Å²) in [6.45, 7) is 5.28. The van der Waals surface area contributed by atoms with Crippen LogP contribution in [-0.4, -0.2) is 24.0 Å². The number of hydrogen-bond acceptors (Lipinski definition) is 3. The molecule has 0 fully saturated rings. The number of carbonyl (C=O) groups excluding carboxylic acids is 1. The predicted molar refractivity (Wildman–Crippen MR) is 82.3 cm³/mol. The summed E-state index contributed by atoms with van der Waals surface area (Å²) >= 11 is 0. The summed E-state index contributed by atoms with van der Waals surface area (Å²) in [5.74, 6) is 0.109. The molecule has 112 valence electrons. The maximum absolute atomic E-state index is 12.5. The Morgan fingerprint density at radius 3 is 2.35 bits per heavy atom. The smallest absolute Gasteiger partial charge is 0.227 e. The van der Waals surface area contributed by atoms with E-state index in [0.29, 0.717) is 13.1 Å². The second-order valence-corrected chi connectivity index (χ2v) is 5.35. The normalized spacial score (nSPS) is 11.3. The first-order chi connectivity index (χ1) is 9.68. The van der Waals surface area contributed by atoms with E-state index in [9.17, 15) is 4.79 Å². The SMILES string of the molecule is CCCC(CN)(CCC)C(=O)NCCc1ccncc1. The summed E-state index contributed by atoms with van der Waals surface area (Å²) < 4.78 is 0. The zero-order chi connectivity index (χ0) is 14.8. The Hall–Kier alpha value is -1.42. The standard InChI is InChI=1S/C16H27N3O/c1-3-8-16(13-17,9-4-2)15(20)19-12-7-14-5-10-18-11-6-14/h5-6,10-11H,3-4,7-9,12-13,17H2,1-2H3,(H,19,20). The predicted octanol–water partition coefficient (Wildman–Crippen LogP) is 2.29. The topological polar surface area (TPSA) is 68.0 Å². The highest BCUT2D eigenvalue weighted by Gasteiger charge is 2.34. The van der Waals surface area contributed by atoms with Crippen LogP contribution < -0.4 is 11.1 Å². The van der Waals surface area contributed by atoms with Crippen molar-refractivity contribution in [2.75, 3.05) is 13.1 Å². The van der Waals surface area contributed by atoms with Gasteiger partial charge in [0.05, 0.1) is 5.41 Å². The van der Waals surface area contributed by atoms with Gasteiger partial charge in [-0.1, -0.05) is 26.7 Å². The van der Waals surface area contributed by atoms with Crippen molar-refractivity contribution < 1.29 is 4.79 Å². The molecule has 4 nitrogen and oxygen atoms in total. The molecule has 3 N–H and O–H groups in total. The molecule has 0 unspecified atom stereocenters. The molecule has 0 bridgehead atoms. The van der Waals surface area contributed by atoms with Crippen molar-refractivity contribution in [2.24, 2.45) is 11.1 Å². The highest BCUT2D eigenvalue weighted by atomic mass is 16.2. The number of nitrogens with zero attached hydrogens (tertiary/aromatic N) is 1. The van der Waals surface area contributed by atoms with E-state index in [2.05, 4.69) is 24.1 Å². The molecule has 0 aliphatic carbocycles. The third-order valence-electron chi connectivity index (χ3n) is 3.78. The zero-order valence-corrected chi connectivity index (χ0v) is 12.7. The monoisotopic (exact) mass is 277 g/mol. The highest BCUT2D eigenvalue weighted by molar-refractivity contribution is 5.82. The minimum Gasteiger partial charge on any atom is -0.355 e. The highest BCUT2D eigenvalue weighted by Crippen LogP contribution is 2.28. The van der Waals surface area contributed by atoms with Crippen LogP contribution in [0.2, 0.25) is 0 Å². The van der Waals surface area contributed by atoms with Gasteiger partial charge in [-0.2, -0.15) is 0 Å². The van der Waals surface area contributed by atoms with Gasteiger partial charge in [-0.05, 0) is 37.0 Å². The molecule has 0 radical (unpaired) electrons. The number of rotatable bonds is 9. The van der Waals surface area contributed by atoms with E-state index >= 15 is 0 Å². The molecule has 0 atom stereocenters. The first-order valence-corrected chi connectivity index (χ1v) is 7.55. The van der Waals surface area contributed by atoms with Crippen molar-refractivity contribution in [3.63, 3.8) is 0 Å². The summed E-state index contributed by atoms with van der Waals surface area (Å²) in [5, 5.41) is 3.05. The maximum Gasteiger partial charge on any atom is 0.227 e. The van der Waals surface area contributed by atoms with Gasteiger partial charge >= 0.3 is 0 Å². The molecule has 0 aromatic carbocycles. The van der Waals surface area contributed by atoms with Gasteiger partial charge < -0.3 is 11.1 Å². The number of pyridine rings is 1. The molecular weight excluding hydrogens is 250 g/mol. The van der Waals surface area contributed by atoms with E-state index in [1.54, 1.807) is 12.4 Å². The van der Waals surface area contributed by atoms with Crippen molar-refractivity contribution in [2.45, 2.75) is 46.0 Å². The third kappa shape index (κ3) is 4.60. The molecule has 0 spiro atoms. The fraction of sp³-hybridized carbons (Fsp3) is 0.625. The molecule has 1 rings (SSSR count). The van der Waals surface area contributed by atoms with Gasteiger partial charge in [-0.15, -0.1) is 0 Å². The molecular formula is C16H27N3O. The van der Waals surface area contributed by atoms with E-state index < -0.39 is 0 Å². The first kappa shape index (κ1) is 16.6. The van der Waals surface area contributed by atoms with Crippen LogP contribution in [0.4, 0.5) is 0 Å². The fourth-order valence-electron chi connectivity index (χ4n) is 2.66. The largest absolute Gasteiger partial charge is 0.355 e. The molecule has 0 saturated heterocycles. The Labute approximate surface area is 122 Å². The number of hydrogen-bond donors (Lipinski definition) is 2. The summed E-state index contributed by atoms with van der Waals surface area (Å²) in [6.07, 6.45) is 8.05. The van der Waals surface area contributed by atoms with Gasteiger partial charge in [0.2, 0.25) is 5.91 Å². The molecule has 1 aromatic rings. The minimum absolute atomic E-state index is 0.109. The van der Waals surface area contributed by atoms with Crippen molar-refractivity contribution >= 4 is 5.91 Å². The Balaban J connectivity index is 2.53. The van der Waals surface area contributed by atoms with E-state index in [-0.39, 0.29) is 11.3 Å². The zero-order valence-electron chi connectivity index (χ0n) is 12.7. The average molecular weight is 277 g/mol. The number of nitrogens with two attached hydrogens (primary N) is 1. The lowest BCUT2D eigenvalue weighted by Crippen LogP contribution is -2.46. The second kappa shape index (κ2) is 8.69. The van der Waals surface area contributed by atoms with Crippen molar-refractivity contribution in [3.8, 4) is 0 Å². The van der Waals surface area contributed by atoms with Crippen LogP contribution >= 0.6 is 0 Å². The lowest BCUT2D eigenvalue weighted by Gasteiger charge is -2.30. The lowest BCUT2D eigenvalue weighted by atomic mass is 9.78. The van der Waals surface area contributed by atoms with Crippen molar-refractivity contribution in [3.05, 3.63) is 30.1 Å². The van der Waals surface area contributed by atoms with Gasteiger partial charge in [0.1, 0.15) is 0 Å². The Bertz CT molecular complexity index is 386. The fourth-order valence-corrected chi connectivity index (χ4v) is 2.66. The van der Waals surface area contributed by atoms with E-state index in [0.717, 1.165) is 32.1 Å². The minimum atomic E-state index is -0.387. The van der Waals surface area contributed by atoms with Crippen LogP contribution in [0.5, 0.6) is 0 Å². The summed E-state index contributed by atoms with van der Waals surface area (Å²) in [6, 6.07) is 3.95. The van der Waals surface area contributed by atoms with E-state index in [1.807, 2.05) is 12.1 Å². The van der Waals surface area contributed by atoms with Crippen molar-refractivity contribution in [1.29, 1.82) is 0 Å². The van der Waals surface area contributed by atoms with Crippen LogP contribution in [-0.2, 0) is 11.2 Å². The van der Waals surface area contributed by atoms with Crippen molar-refractivity contribution in [1.82, 2.24) is 10.3 Å². The number of amides is 1. The van der Waals surface area contributed by atoms with E-state index in [1.165, 1.54) is 5.56 Å². The van der Waals surface area contributed by atoms with Gasteiger partial charge in [-0.25, -0.2) is 0 Å². The summed E-state index contributed by atoms with van der Waals surface area (Å²) in [4.78, 5) is 16.4. The summed E-state index contributed by atoms with van der Waals surface area (Å²) in [7, 11) is 0. The number of carbonyl (C=O) groups is 1. The van der Waals surface area contributed by atoms with Crippen LogP contribution in [0.15, 0.2) is 24.5 Å². The molecule has 4 heteroatoms. The molecule has 0 aliphatic heterocycles. The molecule has 1 heterocycles. The average Bonchev–Trinajstić information content (AvgIpc) is 2.48. The van der Waals surface area contributed by atoms with Gasteiger partial charge in [-0.3, -0.25) is 9.78 Å². The molecule has 1 aromatic heterocycles. The van der Waals surface area contributed by atoms with Crippen LogP contribution in [0, 0.1) is 5.41 Å². The second-order valence-electron chi connectivity index (χ2n) is 5.35. The van der Waals surface area contributed by atoms with Crippen LogP contribution in [0.1, 0.15) is 45.1 Å². The molecule has 0 saturated carbocycles. The van der Waals surface area contributed by atoms with Gasteiger partial charge in [0, 0.05) is 25.5 Å². The maximum atomic E-state index is 12.5. The third-order valence-corrected chi connectivity index (χ3v) is 3.78.